The Kier molecular flexibility index (Phi) is 4.88. The molecule has 5 heterocycles. The summed E-state index contributed by atoms with van der Waals surface area (Å²) in [6.45, 7) is 0.674. The molecule has 4 atom stereocenters. The highest BCUT2D eigenvalue weighted by atomic mass is 32.1. The van der Waals surface area contributed by atoms with Crippen LogP contribution in [0.5, 0.6) is 0 Å². The Balaban J connectivity index is 1.20. The van der Waals surface area contributed by atoms with E-state index < -0.39 is 12.2 Å². The zero-order chi connectivity index (χ0) is 19.6. The van der Waals surface area contributed by atoms with Crippen molar-refractivity contribution in [3.05, 3.63) is 47.5 Å². The molecule has 5 rings (SSSR count). The highest BCUT2D eigenvalue weighted by Crippen LogP contribution is 2.31. The summed E-state index contributed by atoms with van der Waals surface area (Å²) in [5.74, 6) is 1.12. The molecule has 0 radical (unpaired) electrons. The molecule has 2 aliphatic rings. The Labute approximate surface area is 170 Å². The van der Waals surface area contributed by atoms with Crippen molar-refractivity contribution >= 4 is 29.1 Å². The maximum Gasteiger partial charge on any atom is 0.412 e. The second kappa shape index (κ2) is 7.82. The second-order valence-corrected chi connectivity index (χ2v) is 7.45. The molecule has 10 heteroatoms. The van der Waals surface area contributed by atoms with Crippen LogP contribution in [-0.4, -0.2) is 53.6 Å². The van der Waals surface area contributed by atoms with Crippen LogP contribution in [-0.2, 0) is 14.2 Å². The van der Waals surface area contributed by atoms with Gasteiger partial charge < -0.3 is 23.9 Å². The highest BCUT2D eigenvalue weighted by Gasteiger charge is 2.49. The Morgan fingerprint density at radius 3 is 2.97 bits per heavy atom. The number of furan rings is 1. The molecule has 150 valence electrons. The van der Waals surface area contributed by atoms with E-state index in [1.54, 1.807) is 24.6 Å². The van der Waals surface area contributed by atoms with Crippen LogP contribution in [0.25, 0.3) is 11.5 Å². The molecule has 3 aromatic heterocycles. The minimum absolute atomic E-state index is 0.152. The zero-order valence-electron chi connectivity index (χ0n) is 15.2. The Bertz CT molecular complexity index is 965. The molecule has 2 N–H and O–H groups in total. The zero-order valence-corrected chi connectivity index (χ0v) is 16.0. The van der Waals surface area contributed by atoms with E-state index in [0.717, 1.165) is 0 Å². The molecule has 1 amide bonds. The molecular formula is C19H18N4O5S. The van der Waals surface area contributed by atoms with Gasteiger partial charge in [0.1, 0.15) is 17.9 Å². The summed E-state index contributed by atoms with van der Waals surface area (Å²) in [5, 5.41) is 9.66. The molecule has 0 bridgehead atoms. The van der Waals surface area contributed by atoms with Gasteiger partial charge in [-0.25, -0.2) is 14.8 Å². The van der Waals surface area contributed by atoms with Crippen molar-refractivity contribution in [2.24, 2.45) is 0 Å². The first-order valence-corrected chi connectivity index (χ1v) is 10.1. The topological polar surface area (TPSA) is 108 Å². The Morgan fingerprint density at radius 1 is 1.21 bits per heavy atom. The first kappa shape index (κ1) is 18.1. The highest BCUT2D eigenvalue weighted by molar-refractivity contribution is 7.08. The Morgan fingerprint density at radius 2 is 2.14 bits per heavy atom. The van der Waals surface area contributed by atoms with Gasteiger partial charge in [-0.15, -0.1) is 0 Å². The van der Waals surface area contributed by atoms with Crippen LogP contribution in [0.15, 0.2) is 51.9 Å². The maximum absolute atomic E-state index is 12.1. The van der Waals surface area contributed by atoms with Crippen LogP contribution in [0.4, 0.5) is 16.4 Å². The van der Waals surface area contributed by atoms with Gasteiger partial charge in [-0.2, -0.15) is 11.3 Å². The molecule has 0 saturated carbocycles. The number of anilines is 2. The number of carbonyl (C=O) groups is 1. The number of ether oxygens (including phenoxy) is 3. The van der Waals surface area contributed by atoms with Crippen molar-refractivity contribution in [3.63, 3.8) is 0 Å². The van der Waals surface area contributed by atoms with Gasteiger partial charge in [-0.1, -0.05) is 0 Å². The first-order valence-electron chi connectivity index (χ1n) is 9.13. The number of hydrogen-bond donors (Lipinski definition) is 2. The van der Waals surface area contributed by atoms with Crippen LogP contribution in [0.2, 0.25) is 0 Å². The first-order chi connectivity index (χ1) is 14.3. The smallest absolute Gasteiger partial charge is 0.412 e. The lowest BCUT2D eigenvalue weighted by Crippen LogP contribution is -2.38. The van der Waals surface area contributed by atoms with Crippen LogP contribution >= 0.6 is 11.3 Å². The molecule has 0 aliphatic carbocycles. The van der Waals surface area contributed by atoms with E-state index in [1.807, 2.05) is 22.9 Å². The van der Waals surface area contributed by atoms with Crippen molar-refractivity contribution in [2.75, 3.05) is 23.8 Å². The van der Waals surface area contributed by atoms with Gasteiger partial charge in [-0.3, -0.25) is 5.32 Å². The second-order valence-electron chi connectivity index (χ2n) is 6.67. The van der Waals surface area contributed by atoms with Crippen molar-refractivity contribution in [1.82, 2.24) is 9.97 Å². The van der Waals surface area contributed by atoms with Gasteiger partial charge >= 0.3 is 6.09 Å². The number of nitrogens with zero attached hydrogens (tertiary/aromatic N) is 2. The van der Waals surface area contributed by atoms with Crippen molar-refractivity contribution in [1.29, 1.82) is 0 Å². The number of nitrogens with one attached hydrogen (secondary N) is 2. The minimum atomic E-state index is -0.521. The van der Waals surface area contributed by atoms with E-state index in [2.05, 4.69) is 20.6 Å². The van der Waals surface area contributed by atoms with Gasteiger partial charge in [0.15, 0.2) is 11.9 Å². The van der Waals surface area contributed by atoms with E-state index in [1.165, 1.54) is 11.3 Å². The van der Waals surface area contributed by atoms with Crippen LogP contribution < -0.4 is 10.6 Å². The standard InChI is InChI=1S/C19H18N4O5S/c24-19(21-11-4-7-29-10-11)28-15-9-27-16-13(8-26-17(15)16)23-18-20-5-3-12(22-18)14-2-1-6-25-14/h1-7,10,13,15-17H,8-9H2,(H,21,24)(H,20,22,23)/t13-,15-,16-,17+/m1/s1. The quantitative estimate of drug-likeness (QED) is 0.656. The van der Waals surface area contributed by atoms with Gasteiger partial charge in [0, 0.05) is 11.6 Å². The number of fused-ring (bicyclic) bond motifs is 1. The number of thiophene rings is 1. The third-order valence-electron chi connectivity index (χ3n) is 4.78. The molecule has 2 aliphatic heterocycles. The van der Waals surface area contributed by atoms with E-state index in [0.29, 0.717) is 29.7 Å². The lowest BCUT2D eigenvalue weighted by atomic mass is 10.1. The summed E-state index contributed by atoms with van der Waals surface area (Å²) in [5.41, 5.74) is 1.39. The molecule has 0 unspecified atom stereocenters. The maximum atomic E-state index is 12.1. The van der Waals surface area contributed by atoms with Gasteiger partial charge in [0.25, 0.3) is 0 Å². The van der Waals surface area contributed by atoms with Crippen molar-refractivity contribution in [3.8, 4) is 11.5 Å². The normalized spacial score (nSPS) is 25.5. The fraction of sp³-hybridized carbons (Fsp3) is 0.316. The summed E-state index contributed by atoms with van der Waals surface area (Å²) >= 11 is 1.50. The number of rotatable bonds is 5. The Hall–Kier alpha value is -2.95. The van der Waals surface area contributed by atoms with Gasteiger partial charge in [0.2, 0.25) is 5.95 Å². The monoisotopic (exact) mass is 414 g/mol. The van der Waals surface area contributed by atoms with Crippen molar-refractivity contribution < 1.29 is 23.4 Å². The fourth-order valence-electron chi connectivity index (χ4n) is 3.46. The van der Waals surface area contributed by atoms with E-state index in [-0.39, 0.29) is 24.9 Å². The van der Waals surface area contributed by atoms with E-state index >= 15 is 0 Å². The van der Waals surface area contributed by atoms with E-state index in [9.17, 15) is 4.79 Å². The summed E-state index contributed by atoms with van der Waals surface area (Å²) in [6.07, 6.45) is 1.67. The number of amides is 1. The third kappa shape index (κ3) is 3.82. The fourth-order valence-corrected chi connectivity index (χ4v) is 4.05. The summed E-state index contributed by atoms with van der Waals surface area (Å²) < 4.78 is 22.6. The van der Waals surface area contributed by atoms with E-state index in [4.69, 9.17) is 18.6 Å². The average Bonchev–Trinajstić information content (AvgIpc) is 3.50. The van der Waals surface area contributed by atoms with Crippen LogP contribution in [0.3, 0.4) is 0 Å². The van der Waals surface area contributed by atoms with Crippen LogP contribution in [0.1, 0.15) is 0 Å². The number of carbonyl (C=O) groups excluding carboxylic acids is 1. The SMILES string of the molecule is O=C(Nc1ccsc1)O[C@@H]1CO[C@H]2[C@H]1OC[C@H]2Nc1nccc(-c2ccco2)n1. The average molecular weight is 414 g/mol. The molecule has 29 heavy (non-hydrogen) atoms. The van der Waals surface area contributed by atoms with Gasteiger partial charge in [0.05, 0.1) is 31.2 Å². The summed E-state index contributed by atoms with van der Waals surface area (Å²) in [7, 11) is 0. The minimum Gasteiger partial charge on any atom is -0.463 e. The molecule has 2 fully saturated rings. The number of aromatic nitrogens is 2. The molecule has 0 aromatic carbocycles. The molecular weight excluding hydrogens is 396 g/mol. The third-order valence-corrected chi connectivity index (χ3v) is 5.46. The molecule has 3 aromatic rings. The van der Waals surface area contributed by atoms with Crippen molar-refractivity contribution in [2.45, 2.75) is 24.4 Å². The lowest BCUT2D eigenvalue weighted by molar-refractivity contribution is 0.00917. The molecule has 9 nitrogen and oxygen atoms in total. The van der Waals surface area contributed by atoms with Crippen LogP contribution in [0, 0.1) is 0 Å². The summed E-state index contributed by atoms with van der Waals surface area (Å²) in [6, 6.07) is 7.08. The predicted molar refractivity (Wildman–Crippen MR) is 105 cm³/mol. The largest absolute Gasteiger partial charge is 0.463 e. The lowest BCUT2D eigenvalue weighted by Gasteiger charge is -2.18. The summed E-state index contributed by atoms with van der Waals surface area (Å²) in [4.78, 5) is 20.8. The predicted octanol–water partition coefficient (Wildman–Crippen LogP) is 2.99. The van der Waals surface area contributed by atoms with Gasteiger partial charge in [-0.05, 0) is 29.6 Å². The molecule has 2 saturated heterocycles. The number of hydrogen-bond acceptors (Lipinski definition) is 9. The molecule has 0 spiro atoms.